The van der Waals surface area contributed by atoms with Crippen molar-refractivity contribution in [3.63, 3.8) is 0 Å². The molecule has 5 heteroatoms. The third-order valence-corrected chi connectivity index (χ3v) is 4.36. The minimum Gasteiger partial charge on any atom is -0.483 e. The van der Waals surface area contributed by atoms with Crippen LogP contribution in [0.2, 0.25) is 0 Å². The van der Waals surface area contributed by atoms with Crippen molar-refractivity contribution in [2.45, 2.75) is 47.6 Å². The number of carbonyl (C=O) groups excluding carboxylic acids is 2. The number of carbonyl (C=O) groups is 2. The molecule has 1 aromatic heterocycles. The van der Waals surface area contributed by atoms with E-state index < -0.39 is 0 Å². The van der Waals surface area contributed by atoms with Gasteiger partial charge in [-0.3, -0.25) is 9.59 Å². The van der Waals surface area contributed by atoms with Crippen molar-refractivity contribution >= 4 is 17.4 Å². The number of nitrogens with one attached hydrogen (secondary N) is 1. The molecule has 0 aliphatic heterocycles. The van der Waals surface area contributed by atoms with Gasteiger partial charge in [0.15, 0.2) is 6.61 Å². The van der Waals surface area contributed by atoms with E-state index in [0.717, 1.165) is 24.4 Å². The number of aromatic nitrogens is 1. The molecule has 2 rings (SSSR count). The summed E-state index contributed by atoms with van der Waals surface area (Å²) in [5, 5.41) is 2.71. The van der Waals surface area contributed by atoms with E-state index in [4.69, 9.17) is 4.74 Å². The lowest BCUT2D eigenvalue weighted by atomic mass is 10.1. The van der Waals surface area contributed by atoms with Gasteiger partial charge in [-0.15, -0.1) is 0 Å². The number of benzene rings is 1. The summed E-state index contributed by atoms with van der Waals surface area (Å²) in [4.78, 5) is 23.9. The molecule has 1 aromatic carbocycles. The highest BCUT2D eigenvalue weighted by Gasteiger charge is 2.17. The largest absolute Gasteiger partial charge is 0.483 e. The first kappa shape index (κ1) is 19.8. The minimum atomic E-state index is -0.180. The summed E-state index contributed by atoms with van der Waals surface area (Å²) in [6.45, 7) is 10.7. The van der Waals surface area contributed by atoms with E-state index in [1.807, 2.05) is 32.0 Å². The van der Waals surface area contributed by atoms with Crippen molar-refractivity contribution in [3.05, 3.63) is 47.3 Å². The zero-order valence-corrected chi connectivity index (χ0v) is 16.3. The fourth-order valence-electron chi connectivity index (χ4n) is 2.92. The second-order valence-corrected chi connectivity index (χ2v) is 7.01. The number of anilines is 1. The van der Waals surface area contributed by atoms with Crippen LogP contribution < -0.4 is 10.1 Å². The predicted octanol–water partition coefficient (Wildman–Crippen LogP) is 4.37. The van der Waals surface area contributed by atoms with Gasteiger partial charge in [-0.2, -0.15) is 0 Å². The summed E-state index contributed by atoms with van der Waals surface area (Å²) < 4.78 is 7.88. The summed E-state index contributed by atoms with van der Waals surface area (Å²) in [6, 6.07) is 9.04. The van der Waals surface area contributed by atoms with Gasteiger partial charge in [0.1, 0.15) is 5.75 Å². The van der Waals surface area contributed by atoms with Gasteiger partial charge in [0, 0.05) is 30.4 Å². The van der Waals surface area contributed by atoms with Crippen LogP contribution in [0.1, 0.15) is 48.9 Å². The Kier molecular flexibility index (Phi) is 6.61. The van der Waals surface area contributed by atoms with Gasteiger partial charge in [0.05, 0.1) is 5.69 Å². The van der Waals surface area contributed by atoms with E-state index in [1.165, 1.54) is 6.92 Å². The van der Waals surface area contributed by atoms with Crippen LogP contribution in [0.4, 0.5) is 5.69 Å². The Hall–Kier alpha value is -2.56. The monoisotopic (exact) mass is 356 g/mol. The zero-order valence-electron chi connectivity index (χ0n) is 16.3. The van der Waals surface area contributed by atoms with Crippen molar-refractivity contribution in [1.82, 2.24) is 4.57 Å². The molecule has 1 N–H and O–H groups in total. The second-order valence-electron chi connectivity index (χ2n) is 7.01. The van der Waals surface area contributed by atoms with Crippen LogP contribution in [0.15, 0.2) is 30.3 Å². The van der Waals surface area contributed by atoms with E-state index in [1.54, 1.807) is 12.1 Å². The molecule has 0 saturated carbocycles. The van der Waals surface area contributed by atoms with Crippen molar-refractivity contribution < 1.29 is 14.3 Å². The molecule has 0 bridgehead atoms. The topological polar surface area (TPSA) is 60.3 Å². The molecule has 0 aliphatic carbocycles. The van der Waals surface area contributed by atoms with Crippen LogP contribution in [0, 0.1) is 19.8 Å². The lowest BCUT2D eigenvalue weighted by Crippen LogP contribution is -2.15. The number of hydrogen-bond acceptors (Lipinski definition) is 3. The minimum absolute atomic E-state index is 0.0634. The number of rotatable bonds is 8. The molecule has 0 unspecified atom stereocenters. The Bertz CT molecular complexity index is 791. The number of Topliss-reactive ketones (excluding diaryl/α,β-unsaturated/α-hetero) is 1. The van der Waals surface area contributed by atoms with Crippen LogP contribution in [-0.2, 0) is 11.3 Å². The van der Waals surface area contributed by atoms with E-state index in [-0.39, 0.29) is 18.3 Å². The fourth-order valence-corrected chi connectivity index (χ4v) is 2.92. The first-order valence-corrected chi connectivity index (χ1v) is 8.99. The quantitative estimate of drug-likeness (QED) is 0.715. The van der Waals surface area contributed by atoms with E-state index in [9.17, 15) is 9.59 Å². The number of ether oxygens (including phenoxy) is 1. The van der Waals surface area contributed by atoms with Crippen LogP contribution in [-0.4, -0.2) is 22.9 Å². The highest BCUT2D eigenvalue weighted by Crippen LogP contribution is 2.24. The zero-order chi connectivity index (χ0) is 19.3. The average molecular weight is 356 g/mol. The average Bonchev–Trinajstić information content (AvgIpc) is 2.85. The lowest BCUT2D eigenvalue weighted by Gasteiger charge is -2.12. The summed E-state index contributed by atoms with van der Waals surface area (Å²) in [6.07, 6.45) is 1.07. The van der Waals surface area contributed by atoms with Gasteiger partial charge in [-0.1, -0.05) is 26.0 Å². The maximum absolute atomic E-state index is 12.7. The van der Waals surface area contributed by atoms with E-state index >= 15 is 0 Å². The number of para-hydroxylation sites is 2. The summed E-state index contributed by atoms with van der Waals surface area (Å²) in [7, 11) is 0. The SMILES string of the molecule is CC(=O)Nc1ccccc1OCC(=O)c1cc(C)n(CCC(C)C)c1C. The Morgan fingerprint density at radius 2 is 1.88 bits per heavy atom. The summed E-state index contributed by atoms with van der Waals surface area (Å²) in [5.41, 5.74) is 3.33. The van der Waals surface area contributed by atoms with Gasteiger partial charge in [-0.05, 0) is 44.4 Å². The number of aryl methyl sites for hydroxylation is 1. The van der Waals surface area contributed by atoms with Crippen molar-refractivity contribution in [2.75, 3.05) is 11.9 Å². The Morgan fingerprint density at radius 3 is 2.54 bits per heavy atom. The Balaban J connectivity index is 2.09. The van der Waals surface area contributed by atoms with Gasteiger partial charge in [0.25, 0.3) is 0 Å². The second kappa shape index (κ2) is 8.70. The van der Waals surface area contributed by atoms with Crippen molar-refractivity contribution in [1.29, 1.82) is 0 Å². The highest BCUT2D eigenvalue weighted by atomic mass is 16.5. The van der Waals surface area contributed by atoms with E-state index in [2.05, 4.69) is 23.7 Å². The van der Waals surface area contributed by atoms with Crippen LogP contribution in [0.5, 0.6) is 5.75 Å². The number of hydrogen-bond donors (Lipinski definition) is 1. The number of nitrogens with zero attached hydrogens (tertiary/aromatic N) is 1. The van der Waals surface area contributed by atoms with Crippen LogP contribution in [0.3, 0.4) is 0 Å². The molecular formula is C21H28N2O3. The summed E-state index contributed by atoms with van der Waals surface area (Å²) >= 11 is 0. The van der Waals surface area contributed by atoms with Gasteiger partial charge in [-0.25, -0.2) is 0 Å². The van der Waals surface area contributed by atoms with Gasteiger partial charge in [0.2, 0.25) is 11.7 Å². The highest BCUT2D eigenvalue weighted by molar-refractivity contribution is 5.98. The molecule has 140 valence electrons. The predicted molar refractivity (Wildman–Crippen MR) is 104 cm³/mol. The van der Waals surface area contributed by atoms with E-state index in [0.29, 0.717) is 22.9 Å². The molecule has 0 radical (unpaired) electrons. The number of ketones is 1. The standard InChI is InChI=1S/C21H28N2O3/c1-14(2)10-11-23-15(3)12-18(16(23)4)20(25)13-26-21-9-7-6-8-19(21)22-17(5)24/h6-9,12,14H,10-11,13H2,1-5H3,(H,22,24). The Morgan fingerprint density at radius 1 is 1.19 bits per heavy atom. The first-order valence-electron chi connectivity index (χ1n) is 8.99. The Labute approximate surface area is 155 Å². The maximum Gasteiger partial charge on any atom is 0.221 e. The van der Waals surface area contributed by atoms with Gasteiger partial charge >= 0.3 is 0 Å². The molecule has 26 heavy (non-hydrogen) atoms. The normalized spacial score (nSPS) is 10.8. The molecule has 0 aliphatic rings. The molecular weight excluding hydrogens is 328 g/mol. The van der Waals surface area contributed by atoms with Gasteiger partial charge < -0.3 is 14.6 Å². The first-order chi connectivity index (χ1) is 12.3. The molecule has 0 fully saturated rings. The molecule has 1 heterocycles. The van der Waals surface area contributed by atoms with Crippen LogP contribution >= 0.6 is 0 Å². The lowest BCUT2D eigenvalue weighted by molar-refractivity contribution is -0.114. The summed E-state index contributed by atoms with van der Waals surface area (Å²) in [5.74, 6) is 0.862. The molecule has 0 saturated heterocycles. The van der Waals surface area contributed by atoms with Crippen LogP contribution in [0.25, 0.3) is 0 Å². The van der Waals surface area contributed by atoms with Crippen molar-refractivity contribution in [3.8, 4) is 5.75 Å². The fraction of sp³-hybridized carbons (Fsp3) is 0.429. The third-order valence-electron chi connectivity index (χ3n) is 4.36. The molecule has 2 aromatic rings. The number of amides is 1. The van der Waals surface area contributed by atoms with Crippen molar-refractivity contribution in [2.24, 2.45) is 5.92 Å². The maximum atomic E-state index is 12.7. The molecule has 1 amide bonds. The molecule has 0 atom stereocenters. The third kappa shape index (κ3) is 4.97. The molecule has 0 spiro atoms. The smallest absolute Gasteiger partial charge is 0.221 e. The molecule has 5 nitrogen and oxygen atoms in total.